The van der Waals surface area contributed by atoms with Crippen molar-refractivity contribution in [2.24, 2.45) is 5.14 Å². The van der Waals surface area contributed by atoms with Crippen molar-refractivity contribution in [3.8, 4) is 11.3 Å². The monoisotopic (exact) mass is 224 g/mol. The fourth-order valence-corrected chi connectivity index (χ4v) is 1.82. The Balaban J connectivity index is 2.61. The van der Waals surface area contributed by atoms with Crippen molar-refractivity contribution < 1.29 is 12.9 Å². The molecule has 0 atom stereocenters. The smallest absolute Gasteiger partial charge is 0.243 e. The molecule has 1 aromatic carbocycles. The van der Waals surface area contributed by atoms with E-state index in [0.29, 0.717) is 5.56 Å². The summed E-state index contributed by atoms with van der Waals surface area (Å²) in [5.41, 5.74) is 0.883. The molecule has 0 bridgehead atoms. The highest BCUT2D eigenvalue weighted by Crippen LogP contribution is 2.24. The fourth-order valence-electron chi connectivity index (χ4n) is 1.22. The van der Waals surface area contributed by atoms with E-state index in [4.69, 9.17) is 5.14 Å². The van der Waals surface area contributed by atoms with E-state index < -0.39 is 10.0 Å². The van der Waals surface area contributed by atoms with Gasteiger partial charge in [0.25, 0.3) is 0 Å². The van der Waals surface area contributed by atoms with E-state index in [1.54, 1.807) is 24.3 Å². The molecule has 6 heteroatoms. The predicted octanol–water partition coefficient (Wildman–Crippen LogP) is 0.989. The van der Waals surface area contributed by atoms with Gasteiger partial charge in [-0.2, -0.15) is 0 Å². The Kier molecular flexibility index (Phi) is 2.29. The molecule has 0 aliphatic rings. The molecule has 1 aromatic heterocycles. The zero-order valence-corrected chi connectivity index (χ0v) is 8.44. The molecule has 0 saturated carbocycles. The summed E-state index contributed by atoms with van der Waals surface area (Å²) in [7, 11) is -3.79. The number of hydrogen-bond donors (Lipinski definition) is 1. The molecule has 0 aliphatic carbocycles. The van der Waals surface area contributed by atoms with Gasteiger partial charge in [-0.15, -0.1) is 0 Å². The first kappa shape index (κ1) is 9.88. The first-order valence-corrected chi connectivity index (χ1v) is 5.66. The SMILES string of the molecule is NS(=O)(=O)c1conc1-c1ccccc1. The maximum Gasteiger partial charge on any atom is 0.243 e. The van der Waals surface area contributed by atoms with Gasteiger partial charge in [0.05, 0.1) is 0 Å². The van der Waals surface area contributed by atoms with Crippen LogP contribution in [0.25, 0.3) is 11.3 Å². The Morgan fingerprint density at radius 2 is 1.87 bits per heavy atom. The standard InChI is InChI=1S/C9H8N2O3S/c10-15(12,13)8-6-14-11-9(8)7-4-2-1-3-5-7/h1-6H,(H2,10,12,13). The van der Waals surface area contributed by atoms with Gasteiger partial charge in [-0.25, -0.2) is 13.6 Å². The highest BCUT2D eigenvalue weighted by Gasteiger charge is 2.19. The van der Waals surface area contributed by atoms with Gasteiger partial charge in [0.15, 0.2) is 0 Å². The molecule has 0 saturated heterocycles. The Labute approximate surface area is 86.6 Å². The number of primary sulfonamides is 1. The maximum absolute atomic E-state index is 11.2. The highest BCUT2D eigenvalue weighted by atomic mass is 32.2. The Morgan fingerprint density at radius 1 is 1.20 bits per heavy atom. The van der Waals surface area contributed by atoms with Crippen LogP contribution < -0.4 is 5.14 Å². The third-order valence-corrected chi connectivity index (χ3v) is 2.79. The summed E-state index contributed by atoms with van der Waals surface area (Å²) >= 11 is 0. The van der Waals surface area contributed by atoms with Crippen molar-refractivity contribution >= 4 is 10.0 Å². The maximum atomic E-state index is 11.2. The number of benzene rings is 1. The number of nitrogens with two attached hydrogens (primary N) is 1. The largest absolute Gasteiger partial charge is 0.363 e. The lowest BCUT2D eigenvalue weighted by atomic mass is 10.2. The van der Waals surface area contributed by atoms with E-state index in [2.05, 4.69) is 9.68 Å². The van der Waals surface area contributed by atoms with Crippen LogP contribution in [0, 0.1) is 0 Å². The fraction of sp³-hybridized carbons (Fsp3) is 0. The minimum atomic E-state index is -3.79. The summed E-state index contributed by atoms with van der Waals surface area (Å²) in [4.78, 5) is -0.103. The topological polar surface area (TPSA) is 86.2 Å². The van der Waals surface area contributed by atoms with E-state index in [1.165, 1.54) is 0 Å². The van der Waals surface area contributed by atoms with Crippen LogP contribution in [0.15, 0.2) is 46.0 Å². The lowest BCUT2D eigenvalue weighted by Gasteiger charge is -1.97. The number of aromatic nitrogens is 1. The first-order chi connectivity index (χ1) is 7.09. The van der Waals surface area contributed by atoms with Crippen molar-refractivity contribution in [2.75, 3.05) is 0 Å². The third-order valence-electron chi connectivity index (χ3n) is 1.89. The predicted molar refractivity (Wildman–Crippen MR) is 53.3 cm³/mol. The second kappa shape index (κ2) is 3.48. The number of rotatable bonds is 2. The molecule has 0 fully saturated rings. The summed E-state index contributed by atoms with van der Waals surface area (Å²) in [5.74, 6) is 0. The van der Waals surface area contributed by atoms with Gasteiger partial charge in [-0.3, -0.25) is 0 Å². The quantitative estimate of drug-likeness (QED) is 0.824. The van der Waals surface area contributed by atoms with Gasteiger partial charge < -0.3 is 4.52 Å². The van der Waals surface area contributed by atoms with E-state index in [1.807, 2.05) is 6.07 Å². The molecular weight excluding hydrogens is 216 g/mol. The molecule has 2 rings (SSSR count). The Morgan fingerprint density at radius 3 is 2.47 bits per heavy atom. The number of hydrogen-bond acceptors (Lipinski definition) is 4. The van der Waals surface area contributed by atoms with Gasteiger partial charge in [0.1, 0.15) is 16.9 Å². The van der Waals surface area contributed by atoms with Crippen molar-refractivity contribution in [1.29, 1.82) is 0 Å². The van der Waals surface area contributed by atoms with Gasteiger partial charge in [-0.1, -0.05) is 35.5 Å². The van der Waals surface area contributed by atoms with Crippen LogP contribution in [-0.4, -0.2) is 13.6 Å². The molecule has 78 valence electrons. The molecule has 0 aliphatic heterocycles. The minimum absolute atomic E-state index is 0.103. The molecule has 5 nitrogen and oxygen atoms in total. The van der Waals surface area contributed by atoms with E-state index in [-0.39, 0.29) is 10.6 Å². The lowest BCUT2D eigenvalue weighted by molar-refractivity contribution is 0.420. The van der Waals surface area contributed by atoms with Crippen molar-refractivity contribution in [1.82, 2.24) is 5.16 Å². The number of sulfonamides is 1. The average molecular weight is 224 g/mol. The summed E-state index contributed by atoms with van der Waals surface area (Å²) in [6, 6.07) is 8.83. The zero-order valence-electron chi connectivity index (χ0n) is 7.62. The minimum Gasteiger partial charge on any atom is -0.363 e. The van der Waals surface area contributed by atoms with Crippen LogP contribution in [-0.2, 0) is 10.0 Å². The van der Waals surface area contributed by atoms with E-state index >= 15 is 0 Å². The van der Waals surface area contributed by atoms with Crippen LogP contribution in [0.2, 0.25) is 0 Å². The Bertz CT molecular complexity index is 560. The lowest BCUT2D eigenvalue weighted by Crippen LogP contribution is -2.12. The second-order valence-corrected chi connectivity index (χ2v) is 4.47. The van der Waals surface area contributed by atoms with Crippen molar-refractivity contribution in [2.45, 2.75) is 4.90 Å². The molecule has 0 unspecified atom stereocenters. The molecule has 2 aromatic rings. The van der Waals surface area contributed by atoms with E-state index in [0.717, 1.165) is 6.26 Å². The van der Waals surface area contributed by atoms with Gasteiger partial charge in [-0.05, 0) is 0 Å². The zero-order chi connectivity index (χ0) is 10.9. The second-order valence-electron chi connectivity index (χ2n) is 2.94. The molecule has 0 spiro atoms. The normalized spacial score (nSPS) is 11.5. The summed E-state index contributed by atoms with van der Waals surface area (Å²) in [6.07, 6.45) is 1.03. The van der Waals surface area contributed by atoms with Crippen LogP contribution >= 0.6 is 0 Å². The van der Waals surface area contributed by atoms with Gasteiger partial charge in [0, 0.05) is 5.56 Å². The van der Waals surface area contributed by atoms with Crippen LogP contribution in [0.3, 0.4) is 0 Å². The highest BCUT2D eigenvalue weighted by molar-refractivity contribution is 7.89. The summed E-state index contributed by atoms with van der Waals surface area (Å²) < 4.78 is 26.9. The molecule has 0 amide bonds. The van der Waals surface area contributed by atoms with Crippen LogP contribution in [0.5, 0.6) is 0 Å². The van der Waals surface area contributed by atoms with Gasteiger partial charge in [0.2, 0.25) is 10.0 Å². The van der Waals surface area contributed by atoms with Crippen LogP contribution in [0.4, 0.5) is 0 Å². The molecule has 15 heavy (non-hydrogen) atoms. The number of nitrogens with zero attached hydrogens (tertiary/aromatic N) is 1. The molecule has 0 radical (unpaired) electrons. The van der Waals surface area contributed by atoms with Gasteiger partial charge >= 0.3 is 0 Å². The van der Waals surface area contributed by atoms with E-state index in [9.17, 15) is 8.42 Å². The average Bonchev–Trinajstić information content (AvgIpc) is 2.67. The summed E-state index contributed by atoms with van der Waals surface area (Å²) in [5, 5.41) is 8.63. The summed E-state index contributed by atoms with van der Waals surface area (Å²) in [6.45, 7) is 0. The van der Waals surface area contributed by atoms with Crippen molar-refractivity contribution in [3.05, 3.63) is 36.6 Å². The molecule has 2 N–H and O–H groups in total. The first-order valence-electron chi connectivity index (χ1n) is 4.11. The molecule has 1 heterocycles. The third kappa shape index (κ3) is 1.90. The Hall–Kier alpha value is -1.66. The van der Waals surface area contributed by atoms with Crippen LogP contribution in [0.1, 0.15) is 0 Å². The van der Waals surface area contributed by atoms with Crippen molar-refractivity contribution in [3.63, 3.8) is 0 Å². The molecular formula is C9H8N2O3S.